The lowest BCUT2D eigenvalue weighted by Gasteiger charge is -2.45. The molecule has 20 heavy (non-hydrogen) atoms. The van der Waals surface area contributed by atoms with E-state index < -0.39 is 10.0 Å². The number of fused-ring (bicyclic) bond motifs is 1. The van der Waals surface area contributed by atoms with Crippen LogP contribution < -0.4 is 0 Å². The highest BCUT2D eigenvalue weighted by atomic mass is 79.9. The van der Waals surface area contributed by atoms with E-state index in [1.807, 2.05) is 5.38 Å². The van der Waals surface area contributed by atoms with Crippen molar-refractivity contribution in [1.82, 2.24) is 9.21 Å². The maximum atomic E-state index is 12.7. The molecule has 2 aliphatic heterocycles. The summed E-state index contributed by atoms with van der Waals surface area (Å²) in [6.07, 6.45) is 3.27. The van der Waals surface area contributed by atoms with E-state index in [1.54, 1.807) is 10.4 Å². The highest BCUT2D eigenvalue weighted by Gasteiger charge is 2.39. The minimum Gasteiger partial charge on any atom is -0.303 e. The zero-order valence-corrected chi connectivity index (χ0v) is 14.7. The van der Waals surface area contributed by atoms with E-state index in [1.165, 1.54) is 17.8 Å². The van der Waals surface area contributed by atoms with Crippen LogP contribution in [0.15, 0.2) is 20.1 Å². The normalized spacial score (nSPS) is 29.3. The summed E-state index contributed by atoms with van der Waals surface area (Å²) in [6, 6.07) is 2.36. The minimum absolute atomic E-state index is 0.445. The van der Waals surface area contributed by atoms with Gasteiger partial charge in [0.25, 0.3) is 10.0 Å². The summed E-state index contributed by atoms with van der Waals surface area (Å²) < 4.78 is 28.3. The van der Waals surface area contributed by atoms with Gasteiger partial charge in [-0.3, -0.25) is 0 Å². The number of halogens is 1. The summed E-state index contributed by atoms with van der Waals surface area (Å²) in [6.45, 7) is 2.45. The highest BCUT2D eigenvalue weighted by Crippen LogP contribution is 2.35. The van der Waals surface area contributed by atoms with Gasteiger partial charge in [0.05, 0.1) is 0 Å². The van der Waals surface area contributed by atoms with Crippen molar-refractivity contribution < 1.29 is 8.42 Å². The number of nitrogens with zero attached hydrogens (tertiary/aromatic N) is 2. The second kappa shape index (κ2) is 5.68. The summed E-state index contributed by atoms with van der Waals surface area (Å²) in [7, 11) is -1.17. The van der Waals surface area contributed by atoms with Gasteiger partial charge in [-0.15, -0.1) is 11.3 Å². The fourth-order valence-electron chi connectivity index (χ4n) is 3.42. The Hall–Kier alpha value is 0.0500. The standard InChI is InChI=1S/C13H19BrN2O2S2/c1-15-6-2-3-10-9-16(7-4-12(10)15)20(17,18)13-11(14)5-8-19-13/h5,8,10,12H,2-4,6-7,9H2,1H3. The number of piperidine rings is 2. The number of sulfonamides is 1. The first kappa shape index (κ1) is 15.0. The predicted molar refractivity (Wildman–Crippen MR) is 84.5 cm³/mol. The van der Waals surface area contributed by atoms with Crippen molar-refractivity contribution in [2.75, 3.05) is 26.7 Å². The van der Waals surface area contributed by atoms with Crippen LogP contribution in [0.3, 0.4) is 0 Å². The van der Waals surface area contributed by atoms with Crippen LogP contribution in [0.1, 0.15) is 19.3 Å². The van der Waals surface area contributed by atoms with E-state index >= 15 is 0 Å². The van der Waals surface area contributed by atoms with Gasteiger partial charge in [-0.05, 0) is 66.1 Å². The zero-order valence-electron chi connectivity index (χ0n) is 11.5. The van der Waals surface area contributed by atoms with Gasteiger partial charge in [0.1, 0.15) is 4.21 Å². The van der Waals surface area contributed by atoms with E-state index in [-0.39, 0.29) is 0 Å². The summed E-state index contributed by atoms with van der Waals surface area (Å²) in [5, 5.41) is 1.82. The molecule has 0 aliphatic carbocycles. The predicted octanol–water partition coefficient (Wildman–Crippen LogP) is 2.62. The molecule has 3 rings (SSSR count). The minimum atomic E-state index is -3.33. The molecule has 4 nitrogen and oxygen atoms in total. The summed E-state index contributed by atoms with van der Waals surface area (Å²) in [5.74, 6) is 0.482. The zero-order chi connectivity index (χ0) is 14.3. The molecule has 2 unspecified atom stereocenters. The van der Waals surface area contributed by atoms with Crippen LogP contribution >= 0.6 is 27.3 Å². The molecule has 1 aromatic rings. The molecule has 0 bridgehead atoms. The van der Waals surface area contributed by atoms with Gasteiger partial charge in [0.15, 0.2) is 0 Å². The Morgan fingerprint density at radius 1 is 1.35 bits per heavy atom. The first-order valence-electron chi connectivity index (χ1n) is 6.93. The van der Waals surface area contributed by atoms with Crippen molar-refractivity contribution >= 4 is 37.3 Å². The van der Waals surface area contributed by atoms with E-state index in [0.29, 0.717) is 33.7 Å². The van der Waals surface area contributed by atoms with Crippen molar-refractivity contribution in [2.24, 2.45) is 5.92 Å². The molecule has 0 aromatic carbocycles. The molecule has 0 amide bonds. The average Bonchev–Trinajstić information content (AvgIpc) is 2.85. The first-order valence-corrected chi connectivity index (χ1v) is 10.0. The molecule has 7 heteroatoms. The van der Waals surface area contributed by atoms with Gasteiger partial charge in [0.2, 0.25) is 0 Å². The molecule has 2 atom stereocenters. The molecule has 0 saturated carbocycles. The van der Waals surface area contributed by atoms with E-state index in [2.05, 4.69) is 27.9 Å². The number of likely N-dealkylation sites (tertiary alicyclic amines) is 1. The second-order valence-corrected chi connectivity index (χ2v) is 9.56. The molecular formula is C13H19BrN2O2S2. The Kier molecular flexibility index (Phi) is 4.25. The van der Waals surface area contributed by atoms with Crippen LogP contribution in [0.25, 0.3) is 0 Å². The van der Waals surface area contributed by atoms with Gasteiger partial charge in [-0.1, -0.05) is 0 Å². The third-order valence-corrected chi connectivity index (χ3v) is 8.98. The van der Waals surface area contributed by atoms with Crippen LogP contribution in [-0.2, 0) is 10.0 Å². The summed E-state index contributed by atoms with van der Waals surface area (Å²) in [4.78, 5) is 2.40. The van der Waals surface area contributed by atoms with Gasteiger partial charge in [0, 0.05) is 23.6 Å². The maximum Gasteiger partial charge on any atom is 0.253 e. The highest BCUT2D eigenvalue weighted by molar-refractivity contribution is 9.10. The fourth-order valence-corrected chi connectivity index (χ4v) is 7.38. The molecule has 2 aliphatic rings. The molecule has 0 spiro atoms. The SMILES string of the molecule is CN1CCCC2CN(S(=O)(=O)c3sccc3Br)CCC21. The van der Waals surface area contributed by atoms with Crippen LogP contribution in [0.4, 0.5) is 0 Å². The smallest absolute Gasteiger partial charge is 0.253 e. The molecular weight excluding hydrogens is 360 g/mol. The van der Waals surface area contributed by atoms with Crippen LogP contribution in [0, 0.1) is 5.92 Å². The van der Waals surface area contributed by atoms with Gasteiger partial charge >= 0.3 is 0 Å². The Balaban J connectivity index is 1.81. The Labute approximate surface area is 132 Å². The fraction of sp³-hybridized carbons (Fsp3) is 0.692. The van der Waals surface area contributed by atoms with E-state index in [9.17, 15) is 8.42 Å². The third-order valence-electron chi connectivity index (χ3n) is 4.47. The Morgan fingerprint density at radius 2 is 2.15 bits per heavy atom. The van der Waals surface area contributed by atoms with E-state index in [4.69, 9.17) is 0 Å². The van der Waals surface area contributed by atoms with E-state index in [0.717, 1.165) is 19.4 Å². The molecule has 0 N–H and O–H groups in total. The number of hydrogen-bond acceptors (Lipinski definition) is 4. The van der Waals surface area contributed by atoms with Crippen molar-refractivity contribution in [3.8, 4) is 0 Å². The van der Waals surface area contributed by atoms with Crippen molar-refractivity contribution in [3.63, 3.8) is 0 Å². The largest absolute Gasteiger partial charge is 0.303 e. The molecule has 1 aromatic heterocycles. The Bertz CT molecular complexity index is 587. The molecule has 0 radical (unpaired) electrons. The topological polar surface area (TPSA) is 40.6 Å². The van der Waals surface area contributed by atoms with Crippen molar-refractivity contribution in [1.29, 1.82) is 0 Å². The molecule has 2 fully saturated rings. The molecule has 3 heterocycles. The van der Waals surface area contributed by atoms with Gasteiger partial charge in [-0.25, -0.2) is 8.42 Å². The quantitative estimate of drug-likeness (QED) is 0.793. The lowest BCUT2D eigenvalue weighted by molar-refractivity contribution is 0.0672. The van der Waals surface area contributed by atoms with Crippen LogP contribution in [0.2, 0.25) is 0 Å². The monoisotopic (exact) mass is 378 g/mol. The Morgan fingerprint density at radius 3 is 2.85 bits per heavy atom. The number of rotatable bonds is 2. The second-order valence-electron chi connectivity index (χ2n) is 5.66. The van der Waals surface area contributed by atoms with Gasteiger partial charge in [-0.2, -0.15) is 4.31 Å². The number of thiophene rings is 1. The third kappa shape index (κ3) is 2.59. The van der Waals surface area contributed by atoms with Crippen molar-refractivity contribution in [3.05, 3.63) is 15.9 Å². The first-order chi connectivity index (χ1) is 9.50. The van der Waals surface area contributed by atoms with Crippen LogP contribution in [-0.4, -0.2) is 50.3 Å². The lowest BCUT2D eigenvalue weighted by atomic mass is 9.85. The molecule has 112 valence electrons. The maximum absolute atomic E-state index is 12.7. The molecule has 2 saturated heterocycles. The van der Waals surface area contributed by atoms with Crippen LogP contribution in [0.5, 0.6) is 0 Å². The summed E-state index contributed by atoms with van der Waals surface area (Å²) >= 11 is 4.64. The lowest BCUT2D eigenvalue weighted by Crippen LogP contribution is -2.53. The van der Waals surface area contributed by atoms with Gasteiger partial charge < -0.3 is 4.90 Å². The average molecular weight is 379 g/mol. The van der Waals surface area contributed by atoms with Crippen molar-refractivity contribution in [2.45, 2.75) is 29.5 Å². The number of hydrogen-bond donors (Lipinski definition) is 0. The summed E-state index contributed by atoms with van der Waals surface area (Å²) in [5.41, 5.74) is 0.